The Morgan fingerprint density at radius 2 is 1.77 bits per heavy atom. The lowest BCUT2D eigenvalue weighted by molar-refractivity contribution is -0.115. The summed E-state index contributed by atoms with van der Waals surface area (Å²) >= 11 is 0. The Labute approximate surface area is 178 Å². The minimum absolute atomic E-state index is 0.0290. The van der Waals surface area contributed by atoms with Gasteiger partial charge in [0.15, 0.2) is 0 Å². The van der Waals surface area contributed by atoms with Gasteiger partial charge in [0.2, 0.25) is 5.91 Å². The summed E-state index contributed by atoms with van der Waals surface area (Å²) < 4.78 is 5.16. The number of hydrogen-bond acceptors (Lipinski definition) is 6. The number of carboxylic acids is 1. The largest absolute Gasteiger partial charge is 0.497 e. The van der Waals surface area contributed by atoms with Crippen LogP contribution in [-0.2, 0) is 17.8 Å². The maximum atomic E-state index is 12.4. The van der Waals surface area contributed by atoms with Crippen LogP contribution in [0.2, 0.25) is 0 Å². The number of carboxylic acid groups (broad SMARTS) is 1. The van der Waals surface area contributed by atoms with Crippen LogP contribution in [0.3, 0.4) is 0 Å². The third-order valence-electron chi connectivity index (χ3n) is 4.32. The SMILES string of the molecule is COc1cccc(CNC(=O)c2cc(NC(=O)Cc3ccc(C(=O)O)cc3)ncn2)c1. The third kappa shape index (κ3) is 6.10. The topological polar surface area (TPSA) is 131 Å². The van der Waals surface area contributed by atoms with Crippen LogP contribution in [0, 0.1) is 0 Å². The second-order valence-electron chi connectivity index (χ2n) is 6.55. The van der Waals surface area contributed by atoms with Crippen molar-refractivity contribution >= 4 is 23.6 Å². The lowest BCUT2D eigenvalue weighted by Crippen LogP contribution is -2.24. The second-order valence-corrected chi connectivity index (χ2v) is 6.55. The van der Waals surface area contributed by atoms with Crippen molar-refractivity contribution < 1.29 is 24.2 Å². The molecule has 0 unspecified atom stereocenters. The number of carbonyl (C=O) groups is 3. The van der Waals surface area contributed by atoms with Gasteiger partial charge in [-0.25, -0.2) is 14.8 Å². The summed E-state index contributed by atoms with van der Waals surface area (Å²) in [7, 11) is 1.57. The normalized spacial score (nSPS) is 10.2. The predicted molar refractivity (Wildman–Crippen MR) is 112 cm³/mol. The Balaban J connectivity index is 1.57. The van der Waals surface area contributed by atoms with E-state index < -0.39 is 11.9 Å². The average Bonchev–Trinajstić information content (AvgIpc) is 2.78. The zero-order valence-corrected chi connectivity index (χ0v) is 16.7. The number of carbonyl (C=O) groups excluding carboxylic acids is 2. The smallest absolute Gasteiger partial charge is 0.335 e. The zero-order chi connectivity index (χ0) is 22.2. The number of hydrogen-bond donors (Lipinski definition) is 3. The van der Waals surface area contributed by atoms with Crippen molar-refractivity contribution in [3.8, 4) is 5.75 Å². The number of nitrogens with one attached hydrogen (secondary N) is 2. The summed E-state index contributed by atoms with van der Waals surface area (Å²) in [5, 5.41) is 14.3. The van der Waals surface area contributed by atoms with Gasteiger partial charge in [-0.1, -0.05) is 24.3 Å². The molecular formula is C22H20N4O5. The lowest BCUT2D eigenvalue weighted by atomic mass is 10.1. The minimum Gasteiger partial charge on any atom is -0.497 e. The van der Waals surface area contributed by atoms with E-state index in [-0.39, 0.29) is 35.9 Å². The average molecular weight is 420 g/mol. The van der Waals surface area contributed by atoms with E-state index in [1.807, 2.05) is 24.3 Å². The first kappa shape index (κ1) is 21.4. The molecule has 0 bridgehead atoms. The van der Waals surface area contributed by atoms with Gasteiger partial charge in [-0.05, 0) is 35.4 Å². The molecule has 0 aliphatic carbocycles. The Morgan fingerprint density at radius 3 is 2.48 bits per heavy atom. The van der Waals surface area contributed by atoms with Crippen molar-refractivity contribution in [2.45, 2.75) is 13.0 Å². The highest BCUT2D eigenvalue weighted by Crippen LogP contribution is 2.13. The quantitative estimate of drug-likeness (QED) is 0.510. The van der Waals surface area contributed by atoms with Gasteiger partial charge in [0, 0.05) is 12.6 Å². The van der Waals surface area contributed by atoms with Crippen LogP contribution in [-0.4, -0.2) is 40.0 Å². The summed E-state index contributed by atoms with van der Waals surface area (Å²) in [6.07, 6.45) is 1.22. The van der Waals surface area contributed by atoms with Crippen molar-refractivity contribution in [1.29, 1.82) is 0 Å². The van der Waals surface area contributed by atoms with Crippen molar-refractivity contribution in [1.82, 2.24) is 15.3 Å². The maximum Gasteiger partial charge on any atom is 0.335 e. The fraction of sp³-hybridized carbons (Fsp3) is 0.136. The van der Waals surface area contributed by atoms with Gasteiger partial charge in [-0.15, -0.1) is 0 Å². The highest BCUT2D eigenvalue weighted by atomic mass is 16.5. The van der Waals surface area contributed by atoms with Crippen LogP contribution >= 0.6 is 0 Å². The molecule has 0 atom stereocenters. The van der Waals surface area contributed by atoms with E-state index in [9.17, 15) is 14.4 Å². The van der Waals surface area contributed by atoms with Crippen LogP contribution < -0.4 is 15.4 Å². The molecule has 158 valence electrons. The molecule has 0 aliphatic heterocycles. The third-order valence-corrected chi connectivity index (χ3v) is 4.32. The van der Waals surface area contributed by atoms with E-state index in [0.29, 0.717) is 11.3 Å². The summed E-state index contributed by atoms with van der Waals surface area (Å²) in [4.78, 5) is 43.4. The molecule has 3 N–H and O–H groups in total. The summed E-state index contributed by atoms with van der Waals surface area (Å²) in [5.74, 6) is -0.922. The molecule has 1 aromatic heterocycles. The van der Waals surface area contributed by atoms with Gasteiger partial charge in [0.05, 0.1) is 19.1 Å². The summed E-state index contributed by atoms with van der Waals surface area (Å²) in [6.45, 7) is 0.286. The van der Waals surface area contributed by atoms with Gasteiger partial charge >= 0.3 is 5.97 Å². The first-order valence-corrected chi connectivity index (χ1v) is 9.30. The molecule has 31 heavy (non-hydrogen) atoms. The molecule has 0 saturated heterocycles. The highest BCUT2D eigenvalue weighted by Gasteiger charge is 2.11. The van der Waals surface area contributed by atoms with Gasteiger partial charge in [0.1, 0.15) is 23.6 Å². The van der Waals surface area contributed by atoms with Crippen LogP contribution in [0.25, 0.3) is 0 Å². The van der Waals surface area contributed by atoms with E-state index in [0.717, 1.165) is 5.56 Å². The molecule has 9 heteroatoms. The van der Waals surface area contributed by atoms with Gasteiger partial charge in [-0.2, -0.15) is 0 Å². The monoisotopic (exact) mass is 420 g/mol. The molecule has 9 nitrogen and oxygen atoms in total. The van der Waals surface area contributed by atoms with Crippen LogP contribution in [0.4, 0.5) is 5.82 Å². The van der Waals surface area contributed by atoms with E-state index >= 15 is 0 Å². The highest BCUT2D eigenvalue weighted by molar-refractivity contribution is 5.95. The number of anilines is 1. The van der Waals surface area contributed by atoms with Crippen molar-refractivity contribution in [2.24, 2.45) is 0 Å². The number of rotatable bonds is 8. The Morgan fingerprint density at radius 1 is 1.00 bits per heavy atom. The number of methoxy groups -OCH3 is 1. The number of aromatic carboxylic acids is 1. The minimum atomic E-state index is -1.03. The number of amides is 2. The van der Waals surface area contributed by atoms with E-state index in [4.69, 9.17) is 9.84 Å². The van der Waals surface area contributed by atoms with E-state index in [1.165, 1.54) is 24.5 Å². The first-order valence-electron chi connectivity index (χ1n) is 9.30. The van der Waals surface area contributed by atoms with Crippen molar-refractivity contribution in [3.05, 3.63) is 83.3 Å². The molecule has 0 spiro atoms. The fourth-order valence-electron chi connectivity index (χ4n) is 2.74. The molecular weight excluding hydrogens is 400 g/mol. The van der Waals surface area contributed by atoms with Crippen LogP contribution in [0.15, 0.2) is 60.9 Å². The summed E-state index contributed by atoms with van der Waals surface area (Å²) in [6, 6.07) is 14.7. The molecule has 0 saturated carbocycles. The number of aromatic nitrogens is 2. The first-order chi connectivity index (χ1) is 14.9. The molecule has 0 radical (unpaired) electrons. The zero-order valence-electron chi connectivity index (χ0n) is 16.7. The number of nitrogens with zero attached hydrogens (tertiary/aromatic N) is 2. The van der Waals surface area contributed by atoms with Gasteiger partial charge < -0.3 is 20.5 Å². The Kier molecular flexibility index (Phi) is 6.89. The molecule has 0 aliphatic rings. The number of benzene rings is 2. The molecule has 2 amide bonds. The Hall–Kier alpha value is -4.27. The van der Waals surface area contributed by atoms with E-state index in [1.54, 1.807) is 19.2 Å². The lowest BCUT2D eigenvalue weighted by Gasteiger charge is -2.08. The van der Waals surface area contributed by atoms with Crippen LogP contribution in [0.1, 0.15) is 32.0 Å². The predicted octanol–water partition coefficient (Wildman–Crippen LogP) is 2.29. The molecule has 3 rings (SSSR count). The van der Waals surface area contributed by atoms with Gasteiger partial charge in [0.25, 0.3) is 5.91 Å². The fourth-order valence-corrected chi connectivity index (χ4v) is 2.74. The number of ether oxygens (including phenoxy) is 1. The second kappa shape index (κ2) is 9.97. The molecule has 3 aromatic rings. The summed E-state index contributed by atoms with van der Waals surface area (Å²) in [5.41, 5.74) is 1.76. The molecule has 1 heterocycles. The standard InChI is InChI=1S/C22H20N4O5/c1-31-17-4-2-3-15(9-17)12-23-21(28)18-11-19(25-13-24-18)26-20(27)10-14-5-7-16(8-6-14)22(29)30/h2-9,11,13H,10,12H2,1H3,(H,23,28)(H,29,30)(H,24,25,26,27). The van der Waals surface area contributed by atoms with Crippen molar-refractivity contribution in [2.75, 3.05) is 12.4 Å². The molecule has 2 aromatic carbocycles. The van der Waals surface area contributed by atoms with E-state index in [2.05, 4.69) is 20.6 Å². The van der Waals surface area contributed by atoms with Gasteiger partial charge in [-0.3, -0.25) is 9.59 Å². The molecule has 0 fully saturated rings. The van der Waals surface area contributed by atoms with Crippen molar-refractivity contribution in [3.63, 3.8) is 0 Å². The van der Waals surface area contributed by atoms with Crippen LogP contribution in [0.5, 0.6) is 5.75 Å². The maximum absolute atomic E-state index is 12.4. The Bertz CT molecular complexity index is 1100.